The summed E-state index contributed by atoms with van der Waals surface area (Å²) in [5.41, 5.74) is 0. The maximum absolute atomic E-state index is 10.8. The first kappa shape index (κ1) is 8.06. The Hall–Kier alpha value is -0.0400. The summed E-state index contributed by atoms with van der Waals surface area (Å²) >= 11 is 1.98. The largest absolute Gasteiger partial charge is 0.382 e. The topological polar surface area (TPSA) is 41.6 Å². The number of halogens is 1. The molecule has 1 atom stereocenters. The number of carbonyl (C=O) groups excluding carboxylic acids is 1. The molecule has 1 aliphatic heterocycles. The number of ether oxygens (including phenoxy) is 1. The minimum absolute atomic E-state index is 0.0253. The molecule has 1 fully saturated rings. The Morgan fingerprint density at radius 1 is 2.00 bits per heavy atom. The molecular weight excluding hydrogens is 247 g/mol. The van der Waals surface area contributed by atoms with Crippen LogP contribution in [-0.2, 0) is 4.74 Å². The van der Waals surface area contributed by atoms with Crippen molar-refractivity contribution in [2.45, 2.75) is 6.04 Å². The lowest BCUT2D eigenvalue weighted by Gasteiger charge is -2.05. The lowest BCUT2D eigenvalue weighted by Crippen LogP contribution is -2.30. The van der Waals surface area contributed by atoms with Crippen molar-refractivity contribution >= 4 is 28.9 Å². The van der Waals surface area contributed by atoms with Crippen molar-refractivity contribution in [3.63, 3.8) is 0 Å². The van der Waals surface area contributed by atoms with E-state index in [0.29, 0.717) is 6.61 Å². The SMILES string of the molecule is COC[C@H]1CN(I)C(=O)N1. The van der Waals surface area contributed by atoms with Gasteiger partial charge in [0.15, 0.2) is 0 Å². The number of methoxy groups -OCH3 is 1. The molecule has 1 aliphatic rings. The van der Waals surface area contributed by atoms with Crippen molar-refractivity contribution < 1.29 is 9.53 Å². The van der Waals surface area contributed by atoms with Crippen LogP contribution in [0.25, 0.3) is 0 Å². The van der Waals surface area contributed by atoms with Gasteiger partial charge < -0.3 is 10.1 Å². The quantitative estimate of drug-likeness (QED) is 0.573. The fourth-order valence-corrected chi connectivity index (χ4v) is 1.48. The Bertz CT molecular complexity index is 142. The van der Waals surface area contributed by atoms with Gasteiger partial charge in [-0.05, 0) is 0 Å². The van der Waals surface area contributed by atoms with Crippen molar-refractivity contribution in [2.24, 2.45) is 0 Å². The fourth-order valence-electron chi connectivity index (χ4n) is 0.862. The number of hydrogen-bond donors (Lipinski definition) is 1. The lowest BCUT2D eigenvalue weighted by molar-refractivity contribution is 0.176. The van der Waals surface area contributed by atoms with Gasteiger partial charge in [-0.1, -0.05) is 0 Å². The number of nitrogens with zero attached hydrogens (tertiary/aromatic N) is 1. The fraction of sp³-hybridized carbons (Fsp3) is 0.800. The molecule has 0 aromatic rings. The molecule has 0 spiro atoms. The first-order valence-corrected chi connectivity index (χ1v) is 3.93. The molecule has 58 valence electrons. The van der Waals surface area contributed by atoms with Crippen molar-refractivity contribution in [3.05, 3.63) is 0 Å². The third-order valence-electron chi connectivity index (χ3n) is 1.30. The molecule has 1 rings (SSSR count). The second-order valence-corrected chi connectivity index (χ2v) is 3.31. The summed E-state index contributed by atoms with van der Waals surface area (Å²) in [6.45, 7) is 1.32. The van der Waals surface area contributed by atoms with E-state index < -0.39 is 0 Å². The van der Waals surface area contributed by atoms with Crippen molar-refractivity contribution in [2.75, 3.05) is 20.3 Å². The molecule has 10 heavy (non-hydrogen) atoms. The smallest absolute Gasteiger partial charge is 0.326 e. The standard InChI is InChI=1S/C5H9IN2O2/c1-10-3-4-2-8(6)5(9)7-4/h4H,2-3H2,1H3,(H,7,9)/t4-/m1/s1. The van der Waals surface area contributed by atoms with Crippen LogP contribution in [0.5, 0.6) is 0 Å². The summed E-state index contributed by atoms with van der Waals surface area (Å²) in [6.07, 6.45) is 0. The summed E-state index contributed by atoms with van der Waals surface area (Å²) in [7, 11) is 1.63. The Morgan fingerprint density at radius 3 is 3.10 bits per heavy atom. The van der Waals surface area contributed by atoms with Gasteiger partial charge in [-0.2, -0.15) is 0 Å². The summed E-state index contributed by atoms with van der Waals surface area (Å²) in [6, 6.07) is 0.136. The second-order valence-electron chi connectivity index (χ2n) is 2.15. The maximum atomic E-state index is 10.8. The van der Waals surface area contributed by atoms with Crippen LogP contribution in [0.1, 0.15) is 0 Å². The van der Waals surface area contributed by atoms with Gasteiger partial charge in [0.1, 0.15) is 0 Å². The molecule has 0 saturated carbocycles. The van der Waals surface area contributed by atoms with E-state index in [1.165, 1.54) is 0 Å². The van der Waals surface area contributed by atoms with Crippen LogP contribution in [0, 0.1) is 0 Å². The summed E-state index contributed by atoms with van der Waals surface area (Å²) < 4.78 is 6.49. The number of hydrogen-bond acceptors (Lipinski definition) is 2. The number of urea groups is 1. The Balaban J connectivity index is 2.34. The highest BCUT2D eigenvalue weighted by Crippen LogP contribution is 2.08. The highest BCUT2D eigenvalue weighted by molar-refractivity contribution is 14.1. The van der Waals surface area contributed by atoms with E-state index in [-0.39, 0.29) is 12.1 Å². The Labute approximate surface area is 73.4 Å². The first-order chi connectivity index (χ1) is 4.74. The average Bonchev–Trinajstić information content (AvgIpc) is 2.14. The molecule has 0 aromatic carbocycles. The van der Waals surface area contributed by atoms with E-state index in [9.17, 15) is 4.79 Å². The van der Waals surface area contributed by atoms with Gasteiger partial charge in [0.25, 0.3) is 0 Å². The van der Waals surface area contributed by atoms with E-state index in [2.05, 4.69) is 5.32 Å². The monoisotopic (exact) mass is 256 g/mol. The summed E-state index contributed by atoms with van der Waals surface area (Å²) in [5.74, 6) is 0. The maximum Gasteiger partial charge on any atom is 0.326 e. The molecule has 0 radical (unpaired) electrons. The zero-order valence-electron chi connectivity index (χ0n) is 5.63. The van der Waals surface area contributed by atoms with E-state index in [1.807, 2.05) is 22.9 Å². The zero-order valence-corrected chi connectivity index (χ0v) is 7.79. The molecule has 1 saturated heterocycles. The Kier molecular flexibility index (Phi) is 2.72. The van der Waals surface area contributed by atoms with Gasteiger partial charge in [0.2, 0.25) is 0 Å². The summed E-state index contributed by atoms with van der Waals surface area (Å²) in [5, 5.41) is 2.76. The average molecular weight is 256 g/mol. The number of rotatable bonds is 2. The van der Waals surface area contributed by atoms with E-state index >= 15 is 0 Å². The third-order valence-corrected chi connectivity index (χ3v) is 2.13. The molecule has 0 unspecified atom stereocenters. The van der Waals surface area contributed by atoms with Gasteiger partial charge in [-0.3, -0.25) is 3.11 Å². The van der Waals surface area contributed by atoms with Crippen LogP contribution in [0.2, 0.25) is 0 Å². The zero-order chi connectivity index (χ0) is 7.56. The number of nitrogens with one attached hydrogen (secondary N) is 1. The molecular formula is C5H9IN2O2. The van der Waals surface area contributed by atoms with Crippen molar-refractivity contribution in [1.82, 2.24) is 8.43 Å². The lowest BCUT2D eigenvalue weighted by atomic mass is 10.3. The van der Waals surface area contributed by atoms with Crippen molar-refractivity contribution in [3.8, 4) is 0 Å². The molecule has 1 heterocycles. The van der Waals surface area contributed by atoms with Gasteiger partial charge in [0.05, 0.1) is 42.1 Å². The highest BCUT2D eigenvalue weighted by atomic mass is 127. The van der Waals surface area contributed by atoms with Crippen LogP contribution in [0.4, 0.5) is 4.79 Å². The van der Waals surface area contributed by atoms with Crippen LogP contribution in [-0.4, -0.2) is 35.4 Å². The van der Waals surface area contributed by atoms with Crippen LogP contribution in [0.15, 0.2) is 0 Å². The molecule has 5 heteroatoms. The molecule has 1 N–H and O–H groups in total. The molecule has 2 amide bonds. The molecule has 0 aliphatic carbocycles. The first-order valence-electron chi connectivity index (χ1n) is 2.97. The van der Waals surface area contributed by atoms with Gasteiger partial charge in [0, 0.05) is 7.11 Å². The van der Waals surface area contributed by atoms with E-state index in [0.717, 1.165) is 6.54 Å². The van der Waals surface area contributed by atoms with Gasteiger partial charge in [-0.25, -0.2) is 4.79 Å². The predicted octanol–water partition coefficient (Wildman–Crippen LogP) is 0.377. The minimum atomic E-state index is -0.0253. The van der Waals surface area contributed by atoms with Gasteiger partial charge in [-0.15, -0.1) is 0 Å². The molecule has 0 bridgehead atoms. The van der Waals surface area contributed by atoms with Crippen LogP contribution < -0.4 is 5.32 Å². The van der Waals surface area contributed by atoms with E-state index in [1.54, 1.807) is 10.2 Å². The van der Waals surface area contributed by atoms with Crippen LogP contribution in [0.3, 0.4) is 0 Å². The second kappa shape index (κ2) is 3.38. The molecule has 4 nitrogen and oxygen atoms in total. The normalized spacial score (nSPS) is 25.2. The number of carbonyl (C=O) groups is 1. The molecule has 0 aromatic heterocycles. The van der Waals surface area contributed by atoms with Crippen molar-refractivity contribution in [1.29, 1.82) is 0 Å². The predicted molar refractivity (Wildman–Crippen MR) is 44.9 cm³/mol. The minimum Gasteiger partial charge on any atom is -0.382 e. The van der Waals surface area contributed by atoms with Gasteiger partial charge >= 0.3 is 6.03 Å². The van der Waals surface area contributed by atoms with Crippen LogP contribution >= 0.6 is 22.9 Å². The number of amides is 2. The third kappa shape index (κ3) is 1.72. The highest BCUT2D eigenvalue weighted by Gasteiger charge is 2.26. The Morgan fingerprint density at radius 2 is 2.70 bits per heavy atom. The summed E-state index contributed by atoms with van der Waals surface area (Å²) in [4.78, 5) is 10.8. The van der Waals surface area contributed by atoms with E-state index in [4.69, 9.17) is 4.74 Å².